The second-order valence-electron chi connectivity index (χ2n) is 4.33. The molecular weight excluding hydrogens is 246 g/mol. The van der Waals surface area contributed by atoms with Crippen molar-refractivity contribution < 1.29 is 19.8 Å². The van der Waals surface area contributed by atoms with Gasteiger partial charge >= 0.3 is 5.97 Å². The first-order valence-electron chi connectivity index (χ1n) is 5.86. The minimum absolute atomic E-state index is 0.521. The number of benzene rings is 1. The largest absolute Gasteiger partial charge is 0.478 e. The van der Waals surface area contributed by atoms with Crippen molar-refractivity contribution in [1.82, 2.24) is 5.32 Å². The summed E-state index contributed by atoms with van der Waals surface area (Å²) in [4.78, 5) is 21.7. The normalized spacial score (nSPS) is 14.1. The van der Waals surface area contributed by atoms with Gasteiger partial charge in [0.15, 0.2) is 0 Å². The lowest BCUT2D eigenvalue weighted by molar-refractivity contribution is -0.131. The lowest BCUT2D eigenvalue weighted by atomic mass is 10.0. The molecule has 1 amide bonds. The van der Waals surface area contributed by atoms with E-state index in [0.29, 0.717) is 5.56 Å². The fourth-order valence-corrected chi connectivity index (χ4v) is 1.64. The van der Waals surface area contributed by atoms with Gasteiger partial charge in [0, 0.05) is 12.2 Å². The molecule has 0 saturated heterocycles. The van der Waals surface area contributed by atoms with E-state index in [4.69, 9.17) is 5.11 Å². The van der Waals surface area contributed by atoms with E-state index in [1.165, 1.54) is 0 Å². The van der Waals surface area contributed by atoms with E-state index >= 15 is 0 Å². The molecular formula is C14H17NO4. The molecule has 0 bridgehead atoms. The summed E-state index contributed by atoms with van der Waals surface area (Å²) in [6.07, 6.45) is 0.824. The lowest BCUT2D eigenvalue weighted by Gasteiger charge is -2.20. The highest BCUT2D eigenvalue weighted by molar-refractivity contribution is 5.94. The average molecular weight is 263 g/mol. The quantitative estimate of drug-likeness (QED) is 0.696. The molecule has 0 aromatic heterocycles. The Labute approximate surface area is 111 Å². The molecule has 5 nitrogen and oxygen atoms in total. The maximum atomic E-state index is 11.4. The van der Waals surface area contributed by atoms with Crippen LogP contribution in [0.25, 0.3) is 0 Å². The van der Waals surface area contributed by atoms with Gasteiger partial charge in [-0.05, 0) is 19.4 Å². The molecule has 0 fully saturated rings. The van der Waals surface area contributed by atoms with E-state index in [0.717, 1.165) is 17.7 Å². The van der Waals surface area contributed by atoms with Gasteiger partial charge in [-0.3, -0.25) is 4.79 Å². The SMILES string of the molecule is Cc1cccc(C(O)C(C)NC(=O)/C=C\C(=O)O)c1. The first-order chi connectivity index (χ1) is 8.90. The molecule has 2 atom stereocenters. The molecule has 0 aliphatic heterocycles. The molecule has 0 heterocycles. The van der Waals surface area contributed by atoms with Crippen molar-refractivity contribution >= 4 is 11.9 Å². The Morgan fingerprint density at radius 3 is 2.58 bits per heavy atom. The predicted molar refractivity (Wildman–Crippen MR) is 70.5 cm³/mol. The number of carbonyl (C=O) groups is 2. The van der Waals surface area contributed by atoms with Gasteiger partial charge in [-0.15, -0.1) is 0 Å². The van der Waals surface area contributed by atoms with Crippen molar-refractivity contribution in [3.63, 3.8) is 0 Å². The summed E-state index contributed by atoms with van der Waals surface area (Å²) >= 11 is 0. The fraction of sp³-hybridized carbons (Fsp3) is 0.286. The van der Waals surface area contributed by atoms with Crippen molar-refractivity contribution in [2.45, 2.75) is 26.0 Å². The molecule has 0 aliphatic carbocycles. The number of amides is 1. The Balaban J connectivity index is 2.65. The summed E-state index contributed by atoms with van der Waals surface area (Å²) in [5, 5.41) is 21.0. The average Bonchev–Trinajstić information content (AvgIpc) is 2.35. The molecule has 3 N–H and O–H groups in total. The highest BCUT2D eigenvalue weighted by Crippen LogP contribution is 2.17. The van der Waals surface area contributed by atoms with Crippen LogP contribution in [0.2, 0.25) is 0 Å². The predicted octanol–water partition coefficient (Wildman–Crippen LogP) is 1.17. The number of rotatable bonds is 5. The summed E-state index contributed by atoms with van der Waals surface area (Å²) in [6.45, 7) is 3.56. The van der Waals surface area contributed by atoms with E-state index in [1.807, 2.05) is 25.1 Å². The summed E-state index contributed by atoms with van der Waals surface area (Å²) in [5.74, 6) is -1.75. The van der Waals surface area contributed by atoms with Crippen molar-refractivity contribution in [1.29, 1.82) is 0 Å². The van der Waals surface area contributed by atoms with Gasteiger partial charge < -0.3 is 15.5 Å². The van der Waals surface area contributed by atoms with Crippen LogP contribution >= 0.6 is 0 Å². The number of carboxylic acids is 1. The second-order valence-corrected chi connectivity index (χ2v) is 4.33. The van der Waals surface area contributed by atoms with Crippen LogP contribution in [0.5, 0.6) is 0 Å². The number of hydrogen-bond acceptors (Lipinski definition) is 3. The summed E-state index contributed by atoms with van der Waals surface area (Å²) in [5.41, 5.74) is 1.72. The molecule has 1 aromatic carbocycles. The topological polar surface area (TPSA) is 86.6 Å². The summed E-state index contributed by atoms with van der Waals surface area (Å²) in [6, 6.07) is 6.82. The molecule has 0 spiro atoms. The van der Waals surface area contributed by atoms with Crippen LogP contribution in [0.15, 0.2) is 36.4 Å². The smallest absolute Gasteiger partial charge is 0.328 e. The molecule has 0 saturated carbocycles. The number of nitrogens with one attached hydrogen (secondary N) is 1. The van der Waals surface area contributed by atoms with E-state index < -0.39 is 24.0 Å². The molecule has 102 valence electrons. The highest BCUT2D eigenvalue weighted by Gasteiger charge is 2.17. The number of hydrogen-bond donors (Lipinski definition) is 3. The van der Waals surface area contributed by atoms with Gasteiger partial charge in [0.2, 0.25) is 5.91 Å². The molecule has 0 aliphatic rings. The zero-order chi connectivity index (χ0) is 14.4. The number of carboxylic acid groups (broad SMARTS) is 1. The van der Waals surface area contributed by atoms with Crippen LogP contribution in [0.4, 0.5) is 0 Å². The van der Waals surface area contributed by atoms with E-state index in [-0.39, 0.29) is 0 Å². The zero-order valence-corrected chi connectivity index (χ0v) is 10.8. The van der Waals surface area contributed by atoms with Crippen LogP contribution in [0.1, 0.15) is 24.2 Å². The molecule has 1 aromatic rings. The van der Waals surface area contributed by atoms with E-state index in [1.54, 1.807) is 13.0 Å². The van der Waals surface area contributed by atoms with Gasteiger partial charge in [-0.25, -0.2) is 4.79 Å². The molecule has 5 heteroatoms. The first kappa shape index (κ1) is 14.9. The molecule has 1 rings (SSSR count). The van der Waals surface area contributed by atoms with Crippen molar-refractivity contribution in [3.05, 3.63) is 47.5 Å². The second kappa shape index (κ2) is 6.70. The lowest BCUT2D eigenvalue weighted by Crippen LogP contribution is -2.36. The van der Waals surface area contributed by atoms with Crippen LogP contribution in [0.3, 0.4) is 0 Å². The van der Waals surface area contributed by atoms with Crippen LogP contribution in [-0.4, -0.2) is 28.1 Å². The Bertz CT molecular complexity index is 496. The third-order valence-electron chi connectivity index (χ3n) is 2.60. The number of aryl methyl sites for hydroxylation is 1. The van der Waals surface area contributed by atoms with E-state index in [2.05, 4.69) is 5.32 Å². The van der Waals surface area contributed by atoms with Crippen LogP contribution in [0, 0.1) is 6.92 Å². The third-order valence-corrected chi connectivity index (χ3v) is 2.60. The summed E-state index contributed by atoms with van der Waals surface area (Å²) in [7, 11) is 0. The van der Waals surface area contributed by atoms with Gasteiger partial charge in [0.1, 0.15) is 0 Å². The number of carbonyl (C=O) groups excluding carboxylic acids is 1. The maximum Gasteiger partial charge on any atom is 0.328 e. The van der Waals surface area contributed by atoms with Gasteiger partial charge in [0.25, 0.3) is 0 Å². The zero-order valence-electron chi connectivity index (χ0n) is 10.8. The standard InChI is InChI=1S/C14H17NO4/c1-9-4-3-5-11(8-9)14(19)10(2)15-12(16)6-7-13(17)18/h3-8,10,14,19H,1-2H3,(H,15,16)(H,17,18)/b7-6-. The van der Waals surface area contributed by atoms with Crippen molar-refractivity contribution in [2.75, 3.05) is 0 Å². The molecule has 0 radical (unpaired) electrons. The van der Waals surface area contributed by atoms with E-state index in [9.17, 15) is 14.7 Å². The third kappa shape index (κ3) is 4.93. The van der Waals surface area contributed by atoms with Gasteiger partial charge in [-0.1, -0.05) is 29.8 Å². The van der Waals surface area contributed by atoms with Crippen molar-refractivity contribution in [2.24, 2.45) is 0 Å². The summed E-state index contributed by atoms with van der Waals surface area (Å²) < 4.78 is 0. The fourth-order valence-electron chi connectivity index (χ4n) is 1.64. The minimum Gasteiger partial charge on any atom is -0.478 e. The molecule has 19 heavy (non-hydrogen) atoms. The Morgan fingerprint density at radius 2 is 2.00 bits per heavy atom. The monoisotopic (exact) mass is 263 g/mol. The number of aliphatic hydroxyl groups excluding tert-OH is 1. The Morgan fingerprint density at radius 1 is 1.32 bits per heavy atom. The van der Waals surface area contributed by atoms with Gasteiger partial charge in [-0.2, -0.15) is 0 Å². The highest BCUT2D eigenvalue weighted by atomic mass is 16.4. The first-order valence-corrected chi connectivity index (χ1v) is 5.86. The Hall–Kier alpha value is -2.14. The number of aliphatic carboxylic acids is 1. The van der Waals surface area contributed by atoms with Crippen molar-refractivity contribution in [3.8, 4) is 0 Å². The van der Waals surface area contributed by atoms with Crippen LogP contribution in [-0.2, 0) is 9.59 Å². The Kier molecular flexibility index (Phi) is 5.26. The van der Waals surface area contributed by atoms with Gasteiger partial charge in [0.05, 0.1) is 12.1 Å². The molecule has 2 unspecified atom stereocenters. The van der Waals surface area contributed by atoms with Crippen LogP contribution < -0.4 is 5.32 Å². The maximum absolute atomic E-state index is 11.4. The number of aliphatic hydroxyl groups is 1. The minimum atomic E-state index is -1.19.